The number of carbonyl (C=O) groups excluding carboxylic acids is 1. The Morgan fingerprint density at radius 1 is 1.35 bits per heavy atom. The third kappa shape index (κ3) is 2.98. The Kier molecular flexibility index (Phi) is 5.02. The van der Waals surface area contributed by atoms with Crippen LogP contribution in [0.3, 0.4) is 0 Å². The number of benzene rings is 1. The summed E-state index contributed by atoms with van der Waals surface area (Å²) in [6, 6.07) is 3.94. The zero-order valence-corrected chi connectivity index (χ0v) is 16.1. The van der Waals surface area contributed by atoms with Crippen molar-refractivity contribution in [2.75, 3.05) is 7.11 Å². The summed E-state index contributed by atoms with van der Waals surface area (Å²) in [7, 11) is 1.59. The predicted molar refractivity (Wildman–Crippen MR) is 101 cm³/mol. The third-order valence-electron chi connectivity index (χ3n) is 6.01. The van der Waals surface area contributed by atoms with Crippen molar-refractivity contribution >= 4 is 11.5 Å². The predicted octanol–water partition coefficient (Wildman–Crippen LogP) is 3.27. The fraction of sp³-hybridized carbons (Fsp3) is 0.571. The van der Waals surface area contributed by atoms with Crippen molar-refractivity contribution < 1.29 is 19.7 Å². The second-order valence-electron chi connectivity index (χ2n) is 7.69. The van der Waals surface area contributed by atoms with Gasteiger partial charge in [0.15, 0.2) is 0 Å². The van der Waals surface area contributed by atoms with Crippen LogP contribution in [0, 0.1) is 12.8 Å². The molecule has 1 spiro atoms. The number of nitrogens with one attached hydrogen (secondary N) is 1. The minimum atomic E-state index is -0.710. The summed E-state index contributed by atoms with van der Waals surface area (Å²) in [5.74, 6) is 0.723. The van der Waals surface area contributed by atoms with Gasteiger partial charge in [0.1, 0.15) is 11.5 Å². The van der Waals surface area contributed by atoms with E-state index in [1.807, 2.05) is 32.9 Å². The first-order chi connectivity index (χ1) is 12.3. The number of hydrogen-bond acceptors (Lipinski definition) is 4. The van der Waals surface area contributed by atoms with Crippen molar-refractivity contribution in [2.45, 2.75) is 64.5 Å². The highest BCUT2D eigenvalue weighted by molar-refractivity contribution is 6.24. The SMILES string of the molecule is CCc1cc(C)cc(OC)c1C1=C(O)C2(CCC(C(C)O)CC2)NC1=O. The first-order valence-corrected chi connectivity index (χ1v) is 9.45. The molecule has 1 fully saturated rings. The van der Waals surface area contributed by atoms with Crippen molar-refractivity contribution in [1.29, 1.82) is 0 Å². The number of hydrogen-bond donors (Lipinski definition) is 3. The number of ether oxygens (including phenoxy) is 1. The molecule has 0 bridgehead atoms. The smallest absolute Gasteiger partial charge is 0.256 e. The quantitative estimate of drug-likeness (QED) is 0.771. The van der Waals surface area contributed by atoms with Gasteiger partial charge in [-0.2, -0.15) is 0 Å². The summed E-state index contributed by atoms with van der Waals surface area (Å²) in [5.41, 5.74) is 2.39. The highest BCUT2D eigenvalue weighted by Crippen LogP contribution is 2.45. The van der Waals surface area contributed by atoms with Gasteiger partial charge in [0, 0.05) is 5.56 Å². The van der Waals surface area contributed by atoms with Gasteiger partial charge in [0.05, 0.1) is 24.3 Å². The number of carbonyl (C=O) groups is 1. The van der Waals surface area contributed by atoms with Crippen molar-refractivity contribution in [3.05, 3.63) is 34.6 Å². The lowest BCUT2D eigenvalue weighted by Crippen LogP contribution is -2.48. The summed E-state index contributed by atoms with van der Waals surface area (Å²) in [6.45, 7) is 5.83. The molecule has 1 amide bonds. The van der Waals surface area contributed by atoms with Crippen LogP contribution >= 0.6 is 0 Å². The van der Waals surface area contributed by atoms with Crippen LogP contribution in [0.15, 0.2) is 17.9 Å². The lowest BCUT2D eigenvalue weighted by Gasteiger charge is -2.38. The number of rotatable bonds is 4. The molecule has 0 saturated heterocycles. The van der Waals surface area contributed by atoms with Crippen LogP contribution < -0.4 is 10.1 Å². The van der Waals surface area contributed by atoms with Gasteiger partial charge in [0.2, 0.25) is 0 Å². The maximum Gasteiger partial charge on any atom is 0.256 e. The fourth-order valence-electron chi connectivity index (χ4n) is 4.44. The van der Waals surface area contributed by atoms with E-state index in [4.69, 9.17) is 4.74 Å². The molecule has 0 radical (unpaired) electrons. The van der Waals surface area contributed by atoms with Crippen LogP contribution in [0.4, 0.5) is 0 Å². The Morgan fingerprint density at radius 2 is 2.00 bits per heavy atom. The summed E-state index contributed by atoms with van der Waals surface area (Å²) in [6.07, 6.45) is 3.22. The Bertz CT molecular complexity index is 717. The molecule has 1 unspecified atom stereocenters. The molecule has 1 heterocycles. The summed E-state index contributed by atoms with van der Waals surface area (Å²) < 4.78 is 5.54. The van der Waals surface area contributed by atoms with Crippen LogP contribution in [0.25, 0.3) is 5.57 Å². The second-order valence-corrected chi connectivity index (χ2v) is 7.69. The van der Waals surface area contributed by atoms with Gasteiger partial charge in [-0.05, 0) is 69.1 Å². The number of aliphatic hydroxyl groups excluding tert-OH is 2. The first-order valence-electron chi connectivity index (χ1n) is 9.45. The normalized spacial score (nSPS) is 27.0. The van der Waals surface area contributed by atoms with Gasteiger partial charge in [-0.3, -0.25) is 4.79 Å². The topological polar surface area (TPSA) is 78.8 Å². The van der Waals surface area contributed by atoms with Crippen LogP contribution in [0.2, 0.25) is 0 Å². The van der Waals surface area contributed by atoms with Gasteiger partial charge in [0.25, 0.3) is 5.91 Å². The van der Waals surface area contributed by atoms with Gasteiger partial charge >= 0.3 is 0 Å². The molecular weight excluding hydrogens is 330 g/mol. The van der Waals surface area contributed by atoms with Crippen molar-refractivity contribution in [1.82, 2.24) is 5.32 Å². The molecule has 5 heteroatoms. The van der Waals surface area contributed by atoms with Crippen molar-refractivity contribution in [3.63, 3.8) is 0 Å². The fourth-order valence-corrected chi connectivity index (χ4v) is 4.44. The third-order valence-corrected chi connectivity index (χ3v) is 6.01. The van der Waals surface area contributed by atoms with Crippen LogP contribution in [0.5, 0.6) is 5.75 Å². The largest absolute Gasteiger partial charge is 0.509 e. The molecule has 1 aliphatic heterocycles. The summed E-state index contributed by atoms with van der Waals surface area (Å²) >= 11 is 0. The zero-order valence-electron chi connectivity index (χ0n) is 16.1. The molecule has 3 N–H and O–H groups in total. The van der Waals surface area contributed by atoms with E-state index in [2.05, 4.69) is 5.32 Å². The molecule has 2 aliphatic rings. The zero-order chi connectivity index (χ0) is 19.1. The molecule has 26 heavy (non-hydrogen) atoms. The molecule has 1 atom stereocenters. The molecule has 0 aromatic heterocycles. The first kappa shape index (κ1) is 18.8. The average molecular weight is 359 g/mol. The van der Waals surface area contributed by atoms with Crippen molar-refractivity contribution in [3.8, 4) is 5.75 Å². The average Bonchev–Trinajstić information content (AvgIpc) is 2.84. The lowest BCUT2D eigenvalue weighted by atomic mass is 9.74. The molecule has 1 aliphatic carbocycles. The van der Waals surface area contributed by atoms with E-state index in [1.54, 1.807) is 7.11 Å². The number of aryl methyl sites for hydroxylation is 2. The Hall–Kier alpha value is -2.01. The van der Waals surface area contributed by atoms with E-state index in [9.17, 15) is 15.0 Å². The Balaban J connectivity index is 2.06. The molecule has 5 nitrogen and oxygen atoms in total. The maximum atomic E-state index is 12.9. The van der Waals surface area contributed by atoms with Crippen molar-refractivity contribution in [2.24, 2.45) is 5.92 Å². The van der Waals surface area contributed by atoms with E-state index in [0.29, 0.717) is 29.7 Å². The molecule has 3 rings (SSSR count). The second kappa shape index (κ2) is 6.95. The van der Waals surface area contributed by atoms with Crippen LogP contribution in [-0.2, 0) is 11.2 Å². The van der Waals surface area contributed by atoms with Crippen LogP contribution in [-0.4, -0.2) is 34.9 Å². The van der Waals surface area contributed by atoms with Crippen LogP contribution in [0.1, 0.15) is 56.2 Å². The van der Waals surface area contributed by atoms with E-state index >= 15 is 0 Å². The van der Waals surface area contributed by atoms with Gasteiger partial charge in [-0.15, -0.1) is 0 Å². The van der Waals surface area contributed by atoms with E-state index in [0.717, 1.165) is 30.4 Å². The minimum Gasteiger partial charge on any atom is -0.509 e. The molecule has 1 saturated carbocycles. The molecule has 1 aromatic carbocycles. The van der Waals surface area contributed by atoms with Gasteiger partial charge < -0.3 is 20.3 Å². The highest BCUT2D eigenvalue weighted by Gasteiger charge is 2.49. The molecular formula is C21H29NO4. The molecule has 142 valence electrons. The standard InChI is InChI=1S/C21H29NO4/c1-5-14-10-12(2)11-16(26-4)17(14)18-19(24)21(22-20(18)25)8-6-15(7-9-21)13(3)23/h10-11,13,15,23-24H,5-9H2,1-4H3,(H,22,25). The lowest BCUT2D eigenvalue weighted by molar-refractivity contribution is -0.116. The summed E-state index contributed by atoms with van der Waals surface area (Å²) in [4.78, 5) is 12.9. The number of aliphatic hydroxyl groups is 2. The number of methoxy groups -OCH3 is 1. The van der Waals surface area contributed by atoms with E-state index < -0.39 is 5.54 Å². The van der Waals surface area contributed by atoms with E-state index in [1.165, 1.54) is 0 Å². The van der Waals surface area contributed by atoms with Gasteiger partial charge in [-0.25, -0.2) is 0 Å². The van der Waals surface area contributed by atoms with E-state index in [-0.39, 0.29) is 23.7 Å². The Morgan fingerprint density at radius 3 is 2.54 bits per heavy atom. The highest BCUT2D eigenvalue weighted by atomic mass is 16.5. The number of amides is 1. The monoisotopic (exact) mass is 359 g/mol. The molecule has 1 aromatic rings. The minimum absolute atomic E-state index is 0.128. The maximum absolute atomic E-state index is 12.9. The van der Waals surface area contributed by atoms with Gasteiger partial charge in [-0.1, -0.05) is 13.0 Å². The summed E-state index contributed by atoms with van der Waals surface area (Å²) in [5, 5.41) is 24.0. The Labute approximate surface area is 155 Å².